The van der Waals surface area contributed by atoms with Crippen LogP contribution in [-0.4, -0.2) is 39.7 Å². The molecule has 4 rings (SSSR count). The molecule has 0 radical (unpaired) electrons. The Morgan fingerprint density at radius 2 is 1.96 bits per heavy atom. The van der Waals surface area contributed by atoms with Crippen LogP contribution in [0, 0.1) is 0 Å². The highest BCUT2D eigenvalue weighted by Gasteiger charge is 2.21. The second-order valence-corrected chi connectivity index (χ2v) is 6.79. The van der Waals surface area contributed by atoms with Crippen molar-refractivity contribution in [3.63, 3.8) is 0 Å². The Bertz CT molecular complexity index is 985. The van der Waals surface area contributed by atoms with E-state index in [9.17, 15) is 4.79 Å². The lowest BCUT2D eigenvalue weighted by Gasteiger charge is -2.23. The molecule has 1 aliphatic rings. The highest BCUT2D eigenvalue weighted by atomic mass is 16.5. The van der Waals surface area contributed by atoms with Gasteiger partial charge in [-0.2, -0.15) is 5.10 Å². The summed E-state index contributed by atoms with van der Waals surface area (Å²) in [5.74, 6) is 1.57. The van der Waals surface area contributed by atoms with Crippen molar-refractivity contribution in [3.05, 3.63) is 52.2 Å². The van der Waals surface area contributed by atoms with E-state index < -0.39 is 0 Å². The minimum atomic E-state index is -0.0361. The van der Waals surface area contributed by atoms with Crippen LogP contribution < -0.4 is 10.3 Å². The van der Waals surface area contributed by atoms with Gasteiger partial charge in [0.15, 0.2) is 5.65 Å². The molecule has 0 saturated carbocycles. The summed E-state index contributed by atoms with van der Waals surface area (Å²) in [5, 5.41) is 5.07. The molecule has 0 spiro atoms. The van der Waals surface area contributed by atoms with Gasteiger partial charge in [-0.25, -0.2) is 9.67 Å². The smallest absolute Gasteiger partial charge is 0.264 e. The molecule has 1 aliphatic heterocycles. The Morgan fingerprint density at radius 1 is 1.22 bits per heavy atom. The molecule has 1 aromatic carbocycles. The number of hydrogen-bond acceptors (Lipinski definition) is 5. The Balaban J connectivity index is 1.74. The van der Waals surface area contributed by atoms with E-state index in [-0.39, 0.29) is 11.6 Å². The van der Waals surface area contributed by atoms with Crippen molar-refractivity contribution in [3.8, 4) is 5.75 Å². The Kier molecular flexibility index (Phi) is 4.94. The quantitative estimate of drug-likeness (QED) is 0.692. The maximum absolute atomic E-state index is 13.2. The van der Waals surface area contributed by atoms with Gasteiger partial charge >= 0.3 is 0 Å². The largest absolute Gasteiger partial charge is 0.497 e. The minimum absolute atomic E-state index is 0.0361. The number of aromatic nitrogens is 4. The third-order valence-corrected chi connectivity index (χ3v) is 5.14. The number of fused-ring (bicyclic) bond motifs is 1. The molecule has 27 heavy (non-hydrogen) atoms. The summed E-state index contributed by atoms with van der Waals surface area (Å²) < 4.78 is 14.3. The van der Waals surface area contributed by atoms with Crippen molar-refractivity contribution in [2.45, 2.75) is 38.8 Å². The van der Waals surface area contributed by atoms with Gasteiger partial charge in [0.1, 0.15) is 17.0 Å². The monoisotopic (exact) mass is 368 g/mol. The van der Waals surface area contributed by atoms with E-state index >= 15 is 0 Å². The first-order valence-electron chi connectivity index (χ1n) is 9.39. The van der Waals surface area contributed by atoms with Crippen LogP contribution in [0.2, 0.25) is 0 Å². The van der Waals surface area contributed by atoms with E-state index in [0.29, 0.717) is 24.0 Å². The Morgan fingerprint density at radius 3 is 2.63 bits per heavy atom. The van der Waals surface area contributed by atoms with Crippen molar-refractivity contribution in [2.24, 2.45) is 0 Å². The van der Waals surface area contributed by atoms with Gasteiger partial charge in [-0.05, 0) is 30.5 Å². The molecule has 2 aromatic heterocycles. The SMILES string of the molecule is CCc1nc2c(cnn2C2CCOCC2)c(=O)n1Cc1ccc(OC)cc1. The average molecular weight is 368 g/mol. The lowest BCUT2D eigenvalue weighted by molar-refractivity contribution is 0.0673. The fourth-order valence-electron chi connectivity index (χ4n) is 3.61. The van der Waals surface area contributed by atoms with Crippen molar-refractivity contribution >= 4 is 11.0 Å². The zero-order valence-corrected chi connectivity index (χ0v) is 15.7. The maximum Gasteiger partial charge on any atom is 0.264 e. The fourth-order valence-corrected chi connectivity index (χ4v) is 3.61. The van der Waals surface area contributed by atoms with Gasteiger partial charge in [0.25, 0.3) is 5.56 Å². The Labute approximate surface area is 157 Å². The van der Waals surface area contributed by atoms with Gasteiger partial charge in [0, 0.05) is 19.6 Å². The normalized spacial score (nSPS) is 15.3. The van der Waals surface area contributed by atoms with Crippen molar-refractivity contribution in [2.75, 3.05) is 20.3 Å². The second-order valence-electron chi connectivity index (χ2n) is 6.79. The van der Waals surface area contributed by atoms with Crippen LogP contribution in [0.5, 0.6) is 5.75 Å². The van der Waals surface area contributed by atoms with Gasteiger partial charge in [-0.1, -0.05) is 19.1 Å². The van der Waals surface area contributed by atoms with Crippen LogP contribution in [0.3, 0.4) is 0 Å². The standard InChI is InChI=1S/C20H24N4O3/c1-3-18-22-19-17(12-21-24(19)15-8-10-27-11-9-15)20(25)23(18)13-14-4-6-16(26-2)7-5-14/h4-7,12,15H,3,8-11,13H2,1-2H3. The molecule has 3 heterocycles. The minimum Gasteiger partial charge on any atom is -0.497 e. The predicted octanol–water partition coefficient (Wildman–Crippen LogP) is 2.56. The summed E-state index contributed by atoms with van der Waals surface area (Å²) in [7, 11) is 1.64. The van der Waals surface area contributed by atoms with Crippen LogP contribution in [0.1, 0.15) is 37.2 Å². The van der Waals surface area contributed by atoms with Gasteiger partial charge in [0.2, 0.25) is 0 Å². The summed E-state index contributed by atoms with van der Waals surface area (Å²) in [6.45, 7) is 3.95. The first-order chi connectivity index (χ1) is 13.2. The molecule has 1 saturated heterocycles. The molecule has 7 nitrogen and oxygen atoms in total. The average Bonchev–Trinajstić information content (AvgIpc) is 3.15. The number of ether oxygens (including phenoxy) is 2. The molecular formula is C20H24N4O3. The Hall–Kier alpha value is -2.67. The first kappa shape index (κ1) is 17.7. The highest BCUT2D eigenvalue weighted by Crippen LogP contribution is 2.23. The molecule has 142 valence electrons. The van der Waals surface area contributed by atoms with Gasteiger partial charge in [-0.3, -0.25) is 9.36 Å². The number of aryl methyl sites for hydroxylation is 1. The van der Waals surface area contributed by atoms with Crippen LogP contribution in [0.15, 0.2) is 35.3 Å². The number of hydrogen-bond donors (Lipinski definition) is 0. The van der Waals surface area contributed by atoms with E-state index in [1.807, 2.05) is 35.9 Å². The second kappa shape index (κ2) is 7.52. The van der Waals surface area contributed by atoms with Crippen molar-refractivity contribution in [1.82, 2.24) is 19.3 Å². The summed E-state index contributed by atoms with van der Waals surface area (Å²) in [6.07, 6.45) is 4.13. The lowest BCUT2D eigenvalue weighted by atomic mass is 10.1. The molecule has 0 amide bonds. The van der Waals surface area contributed by atoms with Crippen LogP contribution in [-0.2, 0) is 17.7 Å². The van der Waals surface area contributed by atoms with Gasteiger partial charge in [-0.15, -0.1) is 0 Å². The zero-order chi connectivity index (χ0) is 18.8. The molecule has 3 aromatic rings. The summed E-state index contributed by atoms with van der Waals surface area (Å²) >= 11 is 0. The van der Waals surface area contributed by atoms with Crippen molar-refractivity contribution in [1.29, 1.82) is 0 Å². The molecule has 0 bridgehead atoms. The molecule has 7 heteroatoms. The molecule has 0 atom stereocenters. The van der Waals surface area contributed by atoms with E-state index in [1.54, 1.807) is 17.9 Å². The summed E-state index contributed by atoms with van der Waals surface area (Å²) in [6, 6.07) is 7.99. The zero-order valence-electron chi connectivity index (χ0n) is 15.7. The van der Waals surface area contributed by atoms with E-state index in [4.69, 9.17) is 14.5 Å². The number of methoxy groups -OCH3 is 1. The van der Waals surface area contributed by atoms with Gasteiger partial charge in [0.05, 0.1) is 25.9 Å². The van der Waals surface area contributed by atoms with Crippen LogP contribution >= 0.6 is 0 Å². The fraction of sp³-hybridized carbons (Fsp3) is 0.450. The number of nitrogens with zero attached hydrogens (tertiary/aromatic N) is 4. The van der Waals surface area contributed by atoms with Gasteiger partial charge < -0.3 is 9.47 Å². The maximum atomic E-state index is 13.2. The topological polar surface area (TPSA) is 71.2 Å². The molecule has 0 aliphatic carbocycles. The molecular weight excluding hydrogens is 344 g/mol. The lowest BCUT2D eigenvalue weighted by Crippen LogP contribution is -2.27. The third kappa shape index (κ3) is 3.35. The summed E-state index contributed by atoms with van der Waals surface area (Å²) in [5.41, 5.74) is 1.69. The van der Waals surface area contributed by atoms with Crippen molar-refractivity contribution < 1.29 is 9.47 Å². The van der Waals surface area contributed by atoms with Crippen LogP contribution in [0.4, 0.5) is 0 Å². The predicted molar refractivity (Wildman–Crippen MR) is 102 cm³/mol. The molecule has 0 unspecified atom stereocenters. The van der Waals surface area contributed by atoms with E-state index in [2.05, 4.69) is 5.10 Å². The van der Waals surface area contributed by atoms with Crippen LogP contribution in [0.25, 0.3) is 11.0 Å². The van der Waals surface area contributed by atoms with E-state index in [0.717, 1.165) is 43.2 Å². The third-order valence-electron chi connectivity index (χ3n) is 5.14. The number of benzene rings is 1. The summed E-state index contributed by atoms with van der Waals surface area (Å²) in [4.78, 5) is 18.0. The molecule has 0 N–H and O–H groups in total. The number of rotatable bonds is 5. The highest BCUT2D eigenvalue weighted by molar-refractivity contribution is 5.73. The van der Waals surface area contributed by atoms with E-state index in [1.165, 1.54) is 0 Å². The first-order valence-corrected chi connectivity index (χ1v) is 9.39. The molecule has 1 fully saturated rings.